The summed E-state index contributed by atoms with van der Waals surface area (Å²) in [6.45, 7) is 3.21. The monoisotopic (exact) mass is 215 g/mol. The summed E-state index contributed by atoms with van der Waals surface area (Å²) in [7, 11) is 0. The predicted molar refractivity (Wildman–Crippen MR) is 62.9 cm³/mol. The highest BCUT2D eigenvalue weighted by Crippen LogP contribution is 2.56. The van der Waals surface area contributed by atoms with Gasteiger partial charge in [0.2, 0.25) is 0 Å². The normalized spacial score (nSPS) is 33.1. The van der Waals surface area contributed by atoms with E-state index in [1.165, 1.54) is 11.8 Å². The van der Waals surface area contributed by atoms with Gasteiger partial charge in [-0.3, -0.25) is 4.90 Å². The van der Waals surface area contributed by atoms with Gasteiger partial charge in [0.05, 0.1) is 0 Å². The molecule has 0 radical (unpaired) electrons. The molecule has 3 rings (SSSR count). The third-order valence-electron chi connectivity index (χ3n) is 4.14. The van der Waals surface area contributed by atoms with Crippen molar-refractivity contribution in [3.8, 4) is 0 Å². The van der Waals surface area contributed by atoms with Crippen LogP contribution in [-0.4, -0.2) is 24.3 Å². The number of carbonyl (C=O) groups excluding carboxylic acids is 1. The quantitative estimate of drug-likeness (QED) is 0.720. The van der Waals surface area contributed by atoms with Gasteiger partial charge in [-0.05, 0) is 30.9 Å². The lowest BCUT2D eigenvalue weighted by Gasteiger charge is -2.29. The molecule has 1 aliphatic heterocycles. The van der Waals surface area contributed by atoms with Crippen LogP contribution < -0.4 is 0 Å². The van der Waals surface area contributed by atoms with Crippen molar-refractivity contribution >= 4 is 6.29 Å². The molecule has 16 heavy (non-hydrogen) atoms. The summed E-state index contributed by atoms with van der Waals surface area (Å²) in [6, 6.07) is 10.6. The first-order chi connectivity index (χ1) is 7.82. The lowest BCUT2D eigenvalue weighted by atomic mass is 9.97. The maximum absolute atomic E-state index is 11.0. The number of likely N-dealkylation sites (tertiary alicyclic amines) is 1. The Hall–Kier alpha value is -1.15. The van der Waals surface area contributed by atoms with Crippen molar-refractivity contribution in [3.63, 3.8) is 0 Å². The van der Waals surface area contributed by atoms with Crippen molar-refractivity contribution in [1.29, 1.82) is 0 Å². The molecular weight excluding hydrogens is 198 g/mol. The van der Waals surface area contributed by atoms with E-state index in [1.807, 2.05) is 0 Å². The van der Waals surface area contributed by atoms with Gasteiger partial charge in [-0.25, -0.2) is 0 Å². The van der Waals surface area contributed by atoms with Crippen LogP contribution in [-0.2, 0) is 11.3 Å². The van der Waals surface area contributed by atoms with Crippen LogP contribution in [0.1, 0.15) is 18.4 Å². The van der Waals surface area contributed by atoms with Crippen LogP contribution in [0.25, 0.3) is 0 Å². The molecule has 0 bridgehead atoms. The molecule has 0 amide bonds. The second kappa shape index (κ2) is 3.70. The predicted octanol–water partition coefficient (Wildman–Crippen LogP) is 2.10. The maximum atomic E-state index is 11.0. The molecule has 1 aromatic carbocycles. The topological polar surface area (TPSA) is 20.3 Å². The number of benzene rings is 1. The fourth-order valence-electron chi connectivity index (χ4n) is 2.91. The van der Waals surface area contributed by atoms with Crippen LogP contribution in [0.5, 0.6) is 0 Å². The van der Waals surface area contributed by atoms with Crippen molar-refractivity contribution in [3.05, 3.63) is 35.9 Å². The molecule has 2 atom stereocenters. The standard InChI is InChI=1S/C14H17NO/c16-11-14-6-7-15(10-13(14)8-14)9-12-4-2-1-3-5-12/h1-5,11,13H,6-10H2/t13-,14-/m0/s1. The summed E-state index contributed by atoms with van der Waals surface area (Å²) in [4.78, 5) is 13.5. The van der Waals surface area contributed by atoms with Crippen molar-refractivity contribution in [1.82, 2.24) is 4.90 Å². The number of hydrogen-bond donors (Lipinski definition) is 0. The third-order valence-corrected chi connectivity index (χ3v) is 4.14. The molecule has 1 aromatic rings. The number of nitrogens with zero attached hydrogens (tertiary/aromatic N) is 1. The number of carbonyl (C=O) groups is 1. The molecule has 84 valence electrons. The Balaban J connectivity index is 1.61. The van der Waals surface area contributed by atoms with Crippen LogP contribution >= 0.6 is 0 Å². The molecule has 1 aliphatic carbocycles. The second-order valence-electron chi connectivity index (χ2n) is 5.22. The summed E-state index contributed by atoms with van der Waals surface area (Å²) < 4.78 is 0. The summed E-state index contributed by atoms with van der Waals surface area (Å²) >= 11 is 0. The zero-order valence-corrected chi connectivity index (χ0v) is 9.43. The zero-order chi connectivity index (χ0) is 11.0. The minimum atomic E-state index is 0.0905. The van der Waals surface area contributed by atoms with E-state index >= 15 is 0 Å². The third kappa shape index (κ3) is 1.67. The molecule has 2 fully saturated rings. The minimum absolute atomic E-state index is 0.0905. The van der Waals surface area contributed by atoms with Crippen LogP contribution in [0.2, 0.25) is 0 Å². The molecule has 2 nitrogen and oxygen atoms in total. The molecule has 2 heteroatoms. The van der Waals surface area contributed by atoms with Crippen LogP contribution in [0.15, 0.2) is 30.3 Å². The lowest BCUT2D eigenvalue weighted by Crippen LogP contribution is -2.34. The average Bonchev–Trinajstić information content (AvgIpc) is 3.05. The SMILES string of the molecule is O=C[C@@]12CCN(Cc3ccccc3)C[C@@H]1C2. The number of hydrogen-bond acceptors (Lipinski definition) is 2. The number of piperidine rings is 1. The van der Waals surface area contributed by atoms with Gasteiger partial charge < -0.3 is 4.79 Å². The van der Waals surface area contributed by atoms with Gasteiger partial charge in [-0.1, -0.05) is 30.3 Å². The van der Waals surface area contributed by atoms with Crippen molar-refractivity contribution in [2.45, 2.75) is 19.4 Å². The fourth-order valence-corrected chi connectivity index (χ4v) is 2.91. The van der Waals surface area contributed by atoms with Crippen molar-refractivity contribution in [2.75, 3.05) is 13.1 Å². The average molecular weight is 215 g/mol. The molecular formula is C14H17NO. The summed E-state index contributed by atoms with van der Waals surface area (Å²) in [6.07, 6.45) is 3.40. The van der Waals surface area contributed by atoms with E-state index in [0.717, 1.165) is 32.5 Å². The Kier molecular flexibility index (Phi) is 2.32. The Morgan fingerprint density at radius 3 is 2.88 bits per heavy atom. The molecule has 0 spiro atoms. The largest absolute Gasteiger partial charge is 0.303 e. The van der Waals surface area contributed by atoms with Gasteiger partial charge in [-0.2, -0.15) is 0 Å². The van der Waals surface area contributed by atoms with E-state index in [4.69, 9.17) is 0 Å². The van der Waals surface area contributed by atoms with E-state index in [1.54, 1.807) is 0 Å². The van der Waals surface area contributed by atoms with Crippen molar-refractivity contribution in [2.24, 2.45) is 11.3 Å². The Morgan fingerprint density at radius 1 is 1.38 bits per heavy atom. The second-order valence-corrected chi connectivity index (χ2v) is 5.22. The highest BCUT2D eigenvalue weighted by molar-refractivity contribution is 5.65. The highest BCUT2D eigenvalue weighted by Gasteiger charge is 2.56. The van der Waals surface area contributed by atoms with Gasteiger partial charge in [0, 0.05) is 18.5 Å². The first kappa shape index (κ1) is 10.0. The molecule has 0 aromatic heterocycles. The van der Waals surface area contributed by atoms with Crippen LogP contribution in [0.4, 0.5) is 0 Å². The number of fused-ring (bicyclic) bond motifs is 1. The molecule has 1 saturated heterocycles. The van der Waals surface area contributed by atoms with Crippen LogP contribution in [0, 0.1) is 11.3 Å². The first-order valence-electron chi connectivity index (χ1n) is 6.05. The number of aldehydes is 1. The summed E-state index contributed by atoms with van der Waals surface area (Å²) in [5, 5.41) is 0. The molecule has 2 aliphatic rings. The van der Waals surface area contributed by atoms with E-state index in [-0.39, 0.29) is 5.41 Å². The molecule has 1 heterocycles. The first-order valence-corrected chi connectivity index (χ1v) is 6.05. The lowest BCUT2D eigenvalue weighted by molar-refractivity contribution is -0.113. The van der Waals surface area contributed by atoms with Gasteiger partial charge >= 0.3 is 0 Å². The van der Waals surface area contributed by atoms with Crippen LogP contribution in [0.3, 0.4) is 0 Å². The number of rotatable bonds is 3. The summed E-state index contributed by atoms with van der Waals surface area (Å²) in [5.74, 6) is 0.641. The molecule has 0 unspecified atom stereocenters. The molecule has 1 saturated carbocycles. The van der Waals surface area contributed by atoms with E-state index in [2.05, 4.69) is 35.2 Å². The van der Waals surface area contributed by atoms with Gasteiger partial charge in [0.1, 0.15) is 6.29 Å². The Morgan fingerprint density at radius 2 is 2.19 bits per heavy atom. The van der Waals surface area contributed by atoms with E-state index < -0.39 is 0 Å². The summed E-state index contributed by atoms with van der Waals surface area (Å²) in [5.41, 5.74) is 1.47. The Bertz CT molecular complexity index is 389. The van der Waals surface area contributed by atoms with Gasteiger partial charge in [-0.15, -0.1) is 0 Å². The van der Waals surface area contributed by atoms with E-state index in [0.29, 0.717) is 5.92 Å². The minimum Gasteiger partial charge on any atom is -0.303 e. The fraction of sp³-hybridized carbons (Fsp3) is 0.500. The van der Waals surface area contributed by atoms with Gasteiger partial charge in [0.15, 0.2) is 0 Å². The zero-order valence-electron chi connectivity index (χ0n) is 9.43. The molecule has 0 N–H and O–H groups in total. The smallest absolute Gasteiger partial charge is 0.126 e. The van der Waals surface area contributed by atoms with E-state index in [9.17, 15) is 4.79 Å². The Labute approximate surface area is 96.3 Å². The van der Waals surface area contributed by atoms with Crippen molar-refractivity contribution < 1.29 is 4.79 Å². The van der Waals surface area contributed by atoms with Gasteiger partial charge in [0.25, 0.3) is 0 Å². The highest BCUT2D eigenvalue weighted by atomic mass is 16.1. The maximum Gasteiger partial charge on any atom is 0.126 e.